The first-order valence-electron chi connectivity index (χ1n) is 8.76. The molecule has 3 aromatic rings. The van der Waals surface area contributed by atoms with E-state index in [-0.39, 0.29) is 34.2 Å². The molecule has 4 rings (SSSR count). The van der Waals surface area contributed by atoms with Crippen LogP contribution in [-0.4, -0.2) is 28.3 Å². The number of methoxy groups -OCH3 is 1. The maximum absolute atomic E-state index is 12.8. The van der Waals surface area contributed by atoms with E-state index in [4.69, 9.17) is 16.3 Å². The number of nitrogens with zero attached hydrogens (tertiary/aromatic N) is 1. The third kappa shape index (κ3) is 3.81. The first kappa shape index (κ1) is 19.4. The number of ether oxygens (including phenoxy) is 1. The predicted molar refractivity (Wildman–Crippen MR) is 115 cm³/mol. The number of fused-ring (bicyclic) bond motifs is 1. The van der Waals surface area contributed by atoms with Crippen molar-refractivity contribution >= 4 is 51.4 Å². The zero-order valence-electron chi connectivity index (χ0n) is 15.4. The maximum atomic E-state index is 12.8. The predicted octanol–water partition coefficient (Wildman–Crippen LogP) is 5.44. The van der Waals surface area contributed by atoms with Crippen LogP contribution in [0.4, 0.5) is 4.79 Å². The number of rotatable bonds is 4. The Morgan fingerprint density at radius 1 is 1.10 bits per heavy atom. The summed E-state index contributed by atoms with van der Waals surface area (Å²) in [6.45, 7) is 0.201. The fraction of sp³-hybridized carbons (Fsp3) is 0.0909. The number of carbonyl (C=O) groups is 2. The number of carbonyl (C=O) groups excluding carboxylic acids is 2. The first-order valence-corrected chi connectivity index (χ1v) is 9.95. The number of halogens is 1. The molecule has 1 fully saturated rings. The standard InChI is InChI=1S/C22H16ClNO4S/c1-28-18-10-14(9-17(23)20(18)25)11-19-21(26)24(22(27)29-19)12-13-6-7-15-4-2-3-5-16(15)8-13/h2-11,25H,12H2,1H3/b19-11-. The van der Waals surface area contributed by atoms with Crippen molar-refractivity contribution < 1.29 is 19.4 Å². The molecule has 2 amide bonds. The molecule has 0 spiro atoms. The van der Waals surface area contributed by atoms with Crippen LogP contribution in [0, 0.1) is 0 Å². The highest BCUT2D eigenvalue weighted by Crippen LogP contribution is 2.38. The van der Waals surface area contributed by atoms with Crippen molar-refractivity contribution in [3.05, 3.63) is 75.7 Å². The third-order valence-electron chi connectivity index (χ3n) is 4.60. The lowest BCUT2D eigenvalue weighted by Gasteiger charge is -2.13. The van der Waals surface area contributed by atoms with Crippen LogP contribution in [0.15, 0.2) is 59.5 Å². The van der Waals surface area contributed by atoms with Gasteiger partial charge >= 0.3 is 0 Å². The van der Waals surface area contributed by atoms with Gasteiger partial charge in [0.1, 0.15) is 0 Å². The SMILES string of the molecule is COc1cc(/C=C2\SC(=O)N(Cc3ccc4ccccc4c3)C2=O)cc(Cl)c1O. The Balaban J connectivity index is 1.60. The Kier molecular flexibility index (Phi) is 5.22. The smallest absolute Gasteiger partial charge is 0.293 e. The number of hydrogen-bond acceptors (Lipinski definition) is 5. The fourth-order valence-electron chi connectivity index (χ4n) is 3.14. The molecular formula is C22H16ClNO4S. The summed E-state index contributed by atoms with van der Waals surface area (Å²) in [5.41, 5.74) is 1.43. The maximum Gasteiger partial charge on any atom is 0.293 e. The van der Waals surface area contributed by atoms with E-state index in [1.165, 1.54) is 18.1 Å². The quantitative estimate of drug-likeness (QED) is 0.563. The number of imide groups is 1. The first-order chi connectivity index (χ1) is 14.0. The van der Waals surface area contributed by atoms with Gasteiger partial charge in [-0.2, -0.15) is 0 Å². The highest BCUT2D eigenvalue weighted by Gasteiger charge is 2.35. The van der Waals surface area contributed by atoms with E-state index in [2.05, 4.69) is 0 Å². The number of aromatic hydroxyl groups is 1. The molecule has 0 aliphatic carbocycles. The van der Waals surface area contributed by atoms with E-state index in [0.29, 0.717) is 10.5 Å². The zero-order valence-corrected chi connectivity index (χ0v) is 17.0. The number of thioether (sulfide) groups is 1. The van der Waals surface area contributed by atoms with Gasteiger partial charge in [0, 0.05) is 0 Å². The summed E-state index contributed by atoms with van der Waals surface area (Å²) in [4.78, 5) is 26.7. The van der Waals surface area contributed by atoms with Gasteiger partial charge in [-0.3, -0.25) is 14.5 Å². The van der Waals surface area contributed by atoms with Gasteiger partial charge in [-0.05, 0) is 57.9 Å². The Hall–Kier alpha value is -2.96. The van der Waals surface area contributed by atoms with Gasteiger partial charge < -0.3 is 9.84 Å². The molecule has 0 aromatic heterocycles. The summed E-state index contributed by atoms with van der Waals surface area (Å²) in [5.74, 6) is -0.341. The number of phenols is 1. The van der Waals surface area contributed by atoms with Crippen LogP contribution < -0.4 is 4.74 Å². The molecule has 1 N–H and O–H groups in total. The van der Waals surface area contributed by atoms with Gasteiger partial charge in [0.25, 0.3) is 11.1 Å². The number of phenolic OH excluding ortho intramolecular Hbond substituents is 1. The van der Waals surface area contributed by atoms with E-state index < -0.39 is 0 Å². The molecule has 1 saturated heterocycles. The van der Waals surface area contributed by atoms with Gasteiger partial charge in [-0.25, -0.2) is 0 Å². The molecule has 1 aliphatic heterocycles. The zero-order chi connectivity index (χ0) is 20.5. The topological polar surface area (TPSA) is 66.8 Å². The summed E-state index contributed by atoms with van der Waals surface area (Å²) >= 11 is 6.88. The second-order valence-corrected chi connectivity index (χ2v) is 7.90. The van der Waals surface area contributed by atoms with Gasteiger partial charge in [0.15, 0.2) is 11.5 Å². The third-order valence-corrected chi connectivity index (χ3v) is 5.79. The van der Waals surface area contributed by atoms with Crippen molar-refractivity contribution in [1.82, 2.24) is 4.90 Å². The highest BCUT2D eigenvalue weighted by atomic mass is 35.5. The summed E-state index contributed by atoms with van der Waals surface area (Å²) < 4.78 is 5.08. The lowest BCUT2D eigenvalue weighted by molar-refractivity contribution is -0.123. The van der Waals surface area contributed by atoms with Gasteiger partial charge in [0.05, 0.1) is 23.6 Å². The minimum absolute atomic E-state index is 0.103. The Labute approximate surface area is 176 Å². The monoisotopic (exact) mass is 425 g/mol. The largest absolute Gasteiger partial charge is 0.503 e. The van der Waals surface area contributed by atoms with Crippen LogP contribution in [-0.2, 0) is 11.3 Å². The van der Waals surface area contributed by atoms with E-state index in [9.17, 15) is 14.7 Å². The van der Waals surface area contributed by atoms with E-state index in [1.807, 2.05) is 42.5 Å². The van der Waals surface area contributed by atoms with Gasteiger partial charge in [-0.1, -0.05) is 48.0 Å². The molecule has 1 heterocycles. The van der Waals surface area contributed by atoms with Crippen LogP contribution in [0.1, 0.15) is 11.1 Å². The van der Waals surface area contributed by atoms with Gasteiger partial charge in [0.2, 0.25) is 0 Å². The minimum Gasteiger partial charge on any atom is -0.503 e. The van der Waals surface area contributed by atoms with Crippen LogP contribution in [0.3, 0.4) is 0 Å². The summed E-state index contributed by atoms with van der Waals surface area (Å²) in [6, 6.07) is 16.9. The van der Waals surface area contributed by atoms with Crippen LogP contribution in [0.25, 0.3) is 16.8 Å². The molecule has 5 nitrogen and oxygen atoms in total. The van der Waals surface area contributed by atoms with Crippen LogP contribution in [0.2, 0.25) is 5.02 Å². The molecule has 3 aromatic carbocycles. The van der Waals surface area contributed by atoms with E-state index in [0.717, 1.165) is 28.1 Å². The lowest BCUT2D eigenvalue weighted by Crippen LogP contribution is -2.27. The fourth-order valence-corrected chi connectivity index (χ4v) is 4.20. The average Bonchev–Trinajstić information content (AvgIpc) is 2.97. The average molecular weight is 426 g/mol. The highest BCUT2D eigenvalue weighted by molar-refractivity contribution is 8.18. The molecule has 146 valence electrons. The van der Waals surface area contributed by atoms with Crippen molar-refractivity contribution in [2.24, 2.45) is 0 Å². The number of hydrogen-bond donors (Lipinski definition) is 1. The summed E-state index contributed by atoms with van der Waals surface area (Å²) in [5, 5.41) is 11.8. The van der Waals surface area contributed by atoms with Crippen molar-refractivity contribution in [3.8, 4) is 11.5 Å². The number of benzene rings is 3. The van der Waals surface area contributed by atoms with Crippen molar-refractivity contribution in [1.29, 1.82) is 0 Å². The molecule has 0 unspecified atom stereocenters. The minimum atomic E-state index is -0.365. The molecule has 1 aliphatic rings. The second-order valence-electron chi connectivity index (χ2n) is 6.50. The van der Waals surface area contributed by atoms with Crippen LogP contribution >= 0.6 is 23.4 Å². The molecule has 0 radical (unpaired) electrons. The normalized spacial score (nSPS) is 15.5. The number of amides is 2. The lowest BCUT2D eigenvalue weighted by atomic mass is 10.1. The second kappa shape index (κ2) is 7.81. The van der Waals surface area contributed by atoms with E-state index >= 15 is 0 Å². The molecule has 29 heavy (non-hydrogen) atoms. The van der Waals surface area contributed by atoms with Crippen molar-refractivity contribution in [2.45, 2.75) is 6.54 Å². The Bertz CT molecular complexity index is 1170. The van der Waals surface area contributed by atoms with Crippen LogP contribution in [0.5, 0.6) is 11.5 Å². The Morgan fingerprint density at radius 3 is 2.62 bits per heavy atom. The van der Waals surface area contributed by atoms with Gasteiger partial charge in [-0.15, -0.1) is 0 Å². The summed E-state index contributed by atoms with van der Waals surface area (Å²) in [6.07, 6.45) is 1.57. The molecular weight excluding hydrogens is 410 g/mol. The molecule has 7 heteroatoms. The van der Waals surface area contributed by atoms with Crippen molar-refractivity contribution in [3.63, 3.8) is 0 Å². The molecule has 0 atom stereocenters. The summed E-state index contributed by atoms with van der Waals surface area (Å²) in [7, 11) is 1.41. The Morgan fingerprint density at radius 2 is 1.86 bits per heavy atom. The molecule has 0 saturated carbocycles. The van der Waals surface area contributed by atoms with Crippen molar-refractivity contribution in [2.75, 3.05) is 7.11 Å². The molecule has 0 bridgehead atoms. The van der Waals surface area contributed by atoms with E-state index in [1.54, 1.807) is 12.1 Å².